The molecule has 0 aliphatic carbocycles. The summed E-state index contributed by atoms with van der Waals surface area (Å²) in [4.78, 5) is 1.16. The molecule has 0 spiro atoms. The molecule has 6 heteroatoms. The fourth-order valence-corrected chi connectivity index (χ4v) is 4.35. The second kappa shape index (κ2) is 6.98. The monoisotopic (exact) mass is 393 g/mol. The number of halogens is 1. The molecular weight excluding hydrogens is 378 g/mol. The second-order valence-electron chi connectivity index (χ2n) is 5.17. The molecule has 2 aromatic heterocycles. The summed E-state index contributed by atoms with van der Waals surface area (Å²) in [5.41, 5.74) is 1.27. The molecule has 0 saturated heterocycles. The number of thioether (sulfide) groups is 1. The Morgan fingerprint density at radius 2 is 2.09 bits per heavy atom. The zero-order valence-electron chi connectivity index (χ0n) is 12.4. The average Bonchev–Trinajstić information content (AvgIpc) is 3.14. The maximum Gasteiger partial charge on any atom is 0.192 e. The highest BCUT2D eigenvalue weighted by molar-refractivity contribution is 9.10. The third-order valence-electron chi connectivity index (χ3n) is 3.18. The lowest BCUT2D eigenvalue weighted by molar-refractivity contribution is 0.555. The summed E-state index contributed by atoms with van der Waals surface area (Å²) in [5.74, 6) is 1.84. The largest absolute Gasteiger partial charge is 0.299 e. The topological polar surface area (TPSA) is 30.7 Å². The molecule has 0 aliphatic heterocycles. The predicted molar refractivity (Wildman–Crippen MR) is 97.4 cm³/mol. The van der Waals surface area contributed by atoms with E-state index in [1.807, 2.05) is 12.1 Å². The standard InChI is InChI=1S/C16H16BrN3S2/c1-11(2)20-15(14-7-4-8-21-14)18-19-16(20)22-10-12-5-3-6-13(17)9-12/h3-9,11H,10H2,1-2H3. The van der Waals surface area contributed by atoms with Crippen LogP contribution in [0.25, 0.3) is 10.7 Å². The molecule has 0 bridgehead atoms. The third-order valence-corrected chi connectivity index (χ3v) is 5.55. The summed E-state index contributed by atoms with van der Waals surface area (Å²) in [7, 11) is 0. The van der Waals surface area contributed by atoms with Crippen LogP contribution in [0, 0.1) is 0 Å². The Bertz CT molecular complexity index is 751. The Hall–Kier alpha value is -1.11. The van der Waals surface area contributed by atoms with Crippen molar-refractivity contribution in [1.82, 2.24) is 14.8 Å². The first kappa shape index (κ1) is 15.8. The summed E-state index contributed by atoms with van der Waals surface area (Å²) in [6.07, 6.45) is 0. The molecule has 0 fully saturated rings. The van der Waals surface area contributed by atoms with Gasteiger partial charge in [0, 0.05) is 16.3 Å². The van der Waals surface area contributed by atoms with Gasteiger partial charge in [0.25, 0.3) is 0 Å². The number of aromatic nitrogens is 3. The van der Waals surface area contributed by atoms with Crippen molar-refractivity contribution in [3.8, 4) is 10.7 Å². The van der Waals surface area contributed by atoms with Crippen molar-refractivity contribution in [2.24, 2.45) is 0 Å². The number of benzene rings is 1. The van der Waals surface area contributed by atoms with Crippen molar-refractivity contribution in [2.75, 3.05) is 0 Å². The van der Waals surface area contributed by atoms with E-state index in [1.165, 1.54) is 5.56 Å². The van der Waals surface area contributed by atoms with Crippen molar-refractivity contribution in [1.29, 1.82) is 0 Å². The molecule has 0 radical (unpaired) electrons. The molecule has 3 rings (SSSR count). The van der Waals surface area contributed by atoms with Crippen molar-refractivity contribution >= 4 is 39.0 Å². The van der Waals surface area contributed by atoms with Crippen LogP contribution < -0.4 is 0 Å². The molecule has 0 atom stereocenters. The maximum atomic E-state index is 4.40. The van der Waals surface area contributed by atoms with Gasteiger partial charge >= 0.3 is 0 Å². The normalized spacial score (nSPS) is 11.3. The van der Waals surface area contributed by atoms with Gasteiger partial charge in [-0.15, -0.1) is 21.5 Å². The third kappa shape index (κ3) is 3.45. The number of hydrogen-bond acceptors (Lipinski definition) is 4. The van der Waals surface area contributed by atoms with Crippen LogP contribution in [0.15, 0.2) is 51.4 Å². The van der Waals surface area contributed by atoms with Crippen molar-refractivity contribution in [3.05, 3.63) is 51.8 Å². The minimum Gasteiger partial charge on any atom is -0.299 e. The highest BCUT2D eigenvalue weighted by atomic mass is 79.9. The van der Waals surface area contributed by atoms with Gasteiger partial charge in [-0.2, -0.15) is 0 Å². The van der Waals surface area contributed by atoms with Gasteiger partial charge in [0.1, 0.15) is 0 Å². The molecule has 0 saturated carbocycles. The lowest BCUT2D eigenvalue weighted by Crippen LogP contribution is -2.04. The molecular formula is C16H16BrN3S2. The Morgan fingerprint density at radius 3 is 2.77 bits per heavy atom. The van der Waals surface area contributed by atoms with Crippen LogP contribution >= 0.6 is 39.0 Å². The van der Waals surface area contributed by atoms with E-state index in [2.05, 4.69) is 74.2 Å². The lowest BCUT2D eigenvalue weighted by Gasteiger charge is -2.13. The van der Waals surface area contributed by atoms with E-state index in [0.29, 0.717) is 6.04 Å². The zero-order chi connectivity index (χ0) is 15.5. The van der Waals surface area contributed by atoms with Crippen LogP contribution in [-0.4, -0.2) is 14.8 Å². The molecule has 114 valence electrons. The first-order valence-corrected chi connectivity index (χ1v) is 9.67. The quantitative estimate of drug-likeness (QED) is 0.525. The lowest BCUT2D eigenvalue weighted by atomic mass is 10.2. The first-order chi connectivity index (χ1) is 10.6. The van der Waals surface area contributed by atoms with E-state index in [-0.39, 0.29) is 0 Å². The first-order valence-electron chi connectivity index (χ1n) is 7.01. The van der Waals surface area contributed by atoms with Crippen molar-refractivity contribution in [2.45, 2.75) is 30.8 Å². The number of nitrogens with zero attached hydrogens (tertiary/aromatic N) is 3. The van der Waals surface area contributed by atoms with Gasteiger partial charge in [-0.1, -0.05) is 45.9 Å². The second-order valence-corrected chi connectivity index (χ2v) is 7.97. The van der Waals surface area contributed by atoms with E-state index >= 15 is 0 Å². The molecule has 0 N–H and O–H groups in total. The Morgan fingerprint density at radius 1 is 1.23 bits per heavy atom. The van der Waals surface area contributed by atoms with Crippen LogP contribution in [0.4, 0.5) is 0 Å². The maximum absolute atomic E-state index is 4.40. The van der Waals surface area contributed by atoms with E-state index in [4.69, 9.17) is 0 Å². The van der Waals surface area contributed by atoms with Crippen LogP contribution in [-0.2, 0) is 5.75 Å². The molecule has 0 aliphatic rings. The van der Waals surface area contributed by atoms with Crippen LogP contribution in [0.1, 0.15) is 25.5 Å². The van der Waals surface area contributed by atoms with Gasteiger partial charge in [0.15, 0.2) is 11.0 Å². The number of rotatable bonds is 5. The molecule has 0 amide bonds. The van der Waals surface area contributed by atoms with Crippen molar-refractivity contribution < 1.29 is 0 Å². The zero-order valence-corrected chi connectivity index (χ0v) is 15.6. The number of thiophene rings is 1. The minimum absolute atomic E-state index is 0.331. The van der Waals surface area contributed by atoms with Crippen LogP contribution in [0.3, 0.4) is 0 Å². The highest BCUT2D eigenvalue weighted by Crippen LogP contribution is 2.31. The predicted octanol–water partition coefficient (Wildman–Crippen LogP) is 5.64. The molecule has 2 heterocycles. The average molecular weight is 394 g/mol. The van der Waals surface area contributed by atoms with Crippen LogP contribution in [0.2, 0.25) is 0 Å². The van der Waals surface area contributed by atoms with E-state index in [1.54, 1.807) is 23.1 Å². The number of hydrogen-bond donors (Lipinski definition) is 0. The Labute approximate surface area is 146 Å². The smallest absolute Gasteiger partial charge is 0.192 e. The molecule has 22 heavy (non-hydrogen) atoms. The van der Waals surface area contributed by atoms with Crippen LogP contribution in [0.5, 0.6) is 0 Å². The SMILES string of the molecule is CC(C)n1c(SCc2cccc(Br)c2)nnc1-c1cccs1. The summed E-state index contributed by atoms with van der Waals surface area (Å²) in [6.45, 7) is 4.34. The fourth-order valence-electron chi connectivity index (χ4n) is 2.19. The molecule has 3 nitrogen and oxygen atoms in total. The van der Waals surface area contributed by atoms with E-state index in [0.717, 1.165) is 26.1 Å². The van der Waals surface area contributed by atoms with Gasteiger partial charge in [-0.3, -0.25) is 4.57 Å². The Kier molecular flexibility index (Phi) is 5.00. The van der Waals surface area contributed by atoms with Gasteiger partial charge in [-0.25, -0.2) is 0 Å². The van der Waals surface area contributed by atoms with E-state index < -0.39 is 0 Å². The minimum atomic E-state index is 0.331. The van der Waals surface area contributed by atoms with Gasteiger partial charge in [0.2, 0.25) is 0 Å². The summed E-state index contributed by atoms with van der Waals surface area (Å²) in [6, 6.07) is 12.8. The van der Waals surface area contributed by atoms with Gasteiger partial charge in [0.05, 0.1) is 4.88 Å². The van der Waals surface area contributed by atoms with Gasteiger partial charge in [-0.05, 0) is 43.0 Å². The highest BCUT2D eigenvalue weighted by Gasteiger charge is 2.17. The molecule has 1 aromatic carbocycles. The molecule has 3 aromatic rings. The molecule has 0 unspecified atom stereocenters. The van der Waals surface area contributed by atoms with Gasteiger partial charge < -0.3 is 0 Å². The Balaban J connectivity index is 1.85. The van der Waals surface area contributed by atoms with E-state index in [9.17, 15) is 0 Å². The fraction of sp³-hybridized carbons (Fsp3) is 0.250. The summed E-state index contributed by atoms with van der Waals surface area (Å²) < 4.78 is 3.32. The summed E-state index contributed by atoms with van der Waals surface area (Å²) >= 11 is 6.94. The van der Waals surface area contributed by atoms with Crippen molar-refractivity contribution in [3.63, 3.8) is 0 Å². The summed E-state index contributed by atoms with van der Waals surface area (Å²) in [5, 5.41) is 11.8.